The Morgan fingerprint density at radius 1 is 1.53 bits per heavy atom. The lowest BCUT2D eigenvalue weighted by molar-refractivity contribution is -0.143. The van der Waals surface area contributed by atoms with E-state index >= 15 is 0 Å². The van der Waals surface area contributed by atoms with Crippen molar-refractivity contribution in [3.63, 3.8) is 0 Å². The number of aromatic nitrogens is 2. The van der Waals surface area contributed by atoms with Crippen molar-refractivity contribution in [1.29, 1.82) is 0 Å². The molecule has 0 aromatic carbocycles. The van der Waals surface area contributed by atoms with Crippen LogP contribution in [0.1, 0.15) is 19.5 Å². The van der Waals surface area contributed by atoms with Gasteiger partial charge >= 0.3 is 5.97 Å². The molecule has 0 aliphatic rings. The number of amides is 1. The normalized spacial score (nSPS) is 12.8. The summed E-state index contributed by atoms with van der Waals surface area (Å²) in [6.45, 7) is 3.51. The molecule has 7 heteroatoms. The number of hydrogen-bond acceptors (Lipinski definition) is 4. The average Bonchev–Trinajstić information content (AvgIpc) is 2.85. The van der Waals surface area contributed by atoms with E-state index in [2.05, 4.69) is 10.3 Å². The van der Waals surface area contributed by atoms with Crippen LogP contribution in [0, 0.1) is 5.92 Å². The summed E-state index contributed by atoms with van der Waals surface area (Å²) < 4.78 is 1.84. The van der Waals surface area contributed by atoms with Gasteiger partial charge in [-0.3, -0.25) is 9.20 Å². The number of imidazole rings is 1. The Morgan fingerprint density at radius 2 is 2.26 bits per heavy atom. The van der Waals surface area contributed by atoms with Crippen LogP contribution >= 0.6 is 11.3 Å². The van der Waals surface area contributed by atoms with Gasteiger partial charge in [0.25, 0.3) is 0 Å². The van der Waals surface area contributed by atoms with Crippen LogP contribution in [0.2, 0.25) is 0 Å². The van der Waals surface area contributed by atoms with Crippen LogP contribution in [0.4, 0.5) is 0 Å². The van der Waals surface area contributed by atoms with Gasteiger partial charge in [0.05, 0.1) is 12.1 Å². The molecule has 2 aromatic heterocycles. The van der Waals surface area contributed by atoms with Crippen molar-refractivity contribution >= 4 is 28.2 Å². The lowest BCUT2D eigenvalue weighted by atomic mass is 10.0. The van der Waals surface area contributed by atoms with E-state index in [1.54, 1.807) is 20.0 Å². The topological polar surface area (TPSA) is 83.7 Å². The van der Waals surface area contributed by atoms with Gasteiger partial charge in [0.2, 0.25) is 5.91 Å². The van der Waals surface area contributed by atoms with Crippen molar-refractivity contribution in [1.82, 2.24) is 14.7 Å². The van der Waals surface area contributed by atoms with Crippen molar-refractivity contribution in [3.8, 4) is 0 Å². The summed E-state index contributed by atoms with van der Waals surface area (Å²) in [7, 11) is 0. The van der Waals surface area contributed by atoms with Crippen LogP contribution in [0.5, 0.6) is 0 Å². The maximum atomic E-state index is 11.8. The third kappa shape index (κ3) is 3.11. The lowest BCUT2D eigenvalue weighted by Crippen LogP contribution is -2.44. The molecule has 2 heterocycles. The second kappa shape index (κ2) is 5.40. The van der Waals surface area contributed by atoms with Gasteiger partial charge in [-0.1, -0.05) is 13.8 Å². The number of nitrogens with one attached hydrogen (secondary N) is 1. The largest absolute Gasteiger partial charge is 0.480 e. The fraction of sp³-hybridized carbons (Fsp3) is 0.417. The van der Waals surface area contributed by atoms with Gasteiger partial charge in [-0.25, -0.2) is 9.78 Å². The van der Waals surface area contributed by atoms with Gasteiger partial charge in [0.15, 0.2) is 4.96 Å². The Labute approximate surface area is 114 Å². The number of carbonyl (C=O) groups is 2. The highest BCUT2D eigenvalue weighted by Gasteiger charge is 2.23. The van der Waals surface area contributed by atoms with Gasteiger partial charge in [0, 0.05) is 17.8 Å². The van der Waals surface area contributed by atoms with E-state index in [0.29, 0.717) is 5.69 Å². The van der Waals surface area contributed by atoms with Crippen LogP contribution in [-0.4, -0.2) is 32.4 Å². The molecule has 0 saturated carbocycles. The first-order valence-electron chi connectivity index (χ1n) is 5.90. The number of carboxylic acids is 1. The van der Waals surface area contributed by atoms with Crippen molar-refractivity contribution in [2.45, 2.75) is 26.3 Å². The van der Waals surface area contributed by atoms with E-state index in [1.165, 1.54) is 11.3 Å². The second-order valence-corrected chi connectivity index (χ2v) is 5.50. The van der Waals surface area contributed by atoms with E-state index in [0.717, 1.165) is 4.96 Å². The van der Waals surface area contributed by atoms with E-state index in [1.807, 2.05) is 16.0 Å². The molecule has 0 aliphatic heterocycles. The maximum Gasteiger partial charge on any atom is 0.326 e. The zero-order valence-corrected chi connectivity index (χ0v) is 11.5. The predicted molar refractivity (Wildman–Crippen MR) is 71.2 cm³/mol. The number of rotatable bonds is 5. The molecule has 1 unspecified atom stereocenters. The number of carboxylic acid groups (broad SMARTS) is 1. The van der Waals surface area contributed by atoms with Gasteiger partial charge in [-0.15, -0.1) is 11.3 Å². The lowest BCUT2D eigenvalue weighted by Gasteiger charge is -2.17. The molecule has 19 heavy (non-hydrogen) atoms. The molecule has 2 aromatic rings. The fourth-order valence-electron chi connectivity index (χ4n) is 1.76. The van der Waals surface area contributed by atoms with Crippen molar-refractivity contribution in [3.05, 3.63) is 23.5 Å². The molecular formula is C12H15N3O3S. The highest BCUT2D eigenvalue weighted by atomic mass is 32.1. The smallest absolute Gasteiger partial charge is 0.326 e. The molecule has 1 atom stereocenters. The molecule has 0 radical (unpaired) electrons. The third-order valence-electron chi connectivity index (χ3n) is 2.73. The molecule has 2 rings (SSSR count). The maximum absolute atomic E-state index is 11.8. The van der Waals surface area contributed by atoms with Crippen LogP contribution < -0.4 is 5.32 Å². The quantitative estimate of drug-likeness (QED) is 0.861. The van der Waals surface area contributed by atoms with Crippen molar-refractivity contribution < 1.29 is 14.7 Å². The SMILES string of the molecule is CC(C)C(NC(=O)Cc1cn2ccsc2n1)C(=O)O. The zero-order valence-electron chi connectivity index (χ0n) is 10.7. The third-order valence-corrected chi connectivity index (χ3v) is 3.50. The summed E-state index contributed by atoms with van der Waals surface area (Å²) in [6.07, 6.45) is 3.73. The Bertz CT molecular complexity index is 574. The average molecular weight is 281 g/mol. The summed E-state index contributed by atoms with van der Waals surface area (Å²) in [5.41, 5.74) is 0.636. The Kier molecular flexibility index (Phi) is 3.84. The summed E-state index contributed by atoms with van der Waals surface area (Å²) in [4.78, 5) is 27.9. The highest BCUT2D eigenvalue weighted by Crippen LogP contribution is 2.12. The highest BCUT2D eigenvalue weighted by molar-refractivity contribution is 7.15. The van der Waals surface area contributed by atoms with E-state index in [-0.39, 0.29) is 18.2 Å². The zero-order chi connectivity index (χ0) is 14.0. The number of hydrogen-bond donors (Lipinski definition) is 2. The minimum Gasteiger partial charge on any atom is -0.480 e. The molecular weight excluding hydrogens is 266 g/mol. The molecule has 2 N–H and O–H groups in total. The second-order valence-electron chi connectivity index (χ2n) is 4.63. The minimum atomic E-state index is -1.02. The number of thiazole rings is 1. The summed E-state index contributed by atoms with van der Waals surface area (Å²) in [6, 6.07) is -0.865. The first kappa shape index (κ1) is 13.5. The van der Waals surface area contributed by atoms with Crippen LogP contribution in [0.3, 0.4) is 0 Å². The molecule has 102 valence electrons. The number of aliphatic carboxylic acids is 1. The summed E-state index contributed by atoms with van der Waals surface area (Å²) in [5, 5.41) is 13.4. The van der Waals surface area contributed by atoms with Gasteiger partial charge in [-0.2, -0.15) is 0 Å². The molecule has 0 aliphatic carbocycles. The van der Waals surface area contributed by atoms with E-state index < -0.39 is 12.0 Å². The van der Waals surface area contributed by atoms with Crippen molar-refractivity contribution in [2.24, 2.45) is 5.92 Å². The Morgan fingerprint density at radius 3 is 2.84 bits per heavy atom. The Hall–Kier alpha value is -1.89. The molecule has 0 spiro atoms. The molecule has 0 saturated heterocycles. The van der Waals surface area contributed by atoms with E-state index in [4.69, 9.17) is 5.11 Å². The standard InChI is InChI=1S/C12H15N3O3S/c1-7(2)10(11(17)18)14-9(16)5-8-6-15-3-4-19-12(15)13-8/h3-4,6-7,10H,5H2,1-2H3,(H,14,16)(H,17,18). The van der Waals surface area contributed by atoms with Crippen LogP contribution in [0.25, 0.3) is 4.96 Å². The summed E-state index contributed by atoms with van der Waals surface area (Å²) in [5.74, 6) is -1.51. The van der Waals surface area contributed by atoms with Crippen LogP contribution in [0.15, 0.2) is 17.8 Å². The number of nitrogens with zero attached hydrogens (tertiary/aromatic N) is 2. The minimum absolute atomic E-state index is 0.0882. The number of fused-ring (bicyclic) bond motifs is 1. The summed E-state index contributed by atoms with van der Waals surface area (Å²) >= 11 is 1.48. The molecule has 0 bridgehead atoms. The molecule has 6 nitrogen and oxygen atoms in total. The van der Waals surface area contributed by atoms with Crippen molar-refractivity contribution in [2.75, 3.05) is 0 Å². The first-order chi connectivity index (χ1) is 8.97. The van der Waals surface area contributed by atoms with Gasteiger partial charge < -0.3 is 10.4 Å². The van der Waals surface area contributed by atoms with Crippen LogP contribution in [-0.2, 0) is 16.0 Å². The predicted octanol–water partition coefficient (Wildman–Crippen LogP) is 1.16. The Balaban J connectivity index is 2.00. The molecule has 1 amide bonds. The fourth-order valence-corrected chi connectivity index (χ4v) is 2.48. The van der Waals surface area contributed by atoms with Gasteiger partial charge in [0.1, 0.15) is 6.04 Å². The molecule has 0 fully saturated rings. The van der Waals surface area contributed by atoms with Gasteiger partial charge in [-0.05, 0) is 5.92 Å². The first-order valence-corrected chi connectivity index (χ1v) is 6.78. The monoisotopic (exact) mass is 281 g/mol. The van der Waals surface area contributed by atoms with E-state index in [9.17, 15) is 9.59 Å². The number of carbonyl (C=O) groups excluding carboxylic acids is 1.